The van der Waals surface area contributed by atoms with Gasteiger partial charge in [-0.25, -0.2) is 4.98 Å². The smallest absolute Gasteiger partial charge is 0.310 e. The van der Waals surface area contributed by atoms with Gasteiger partial charge >= 0.3 is 5.97 Å². The summed E-state index contributed by atoms with van der Waals surface area (Å²) in [4.78, 5) is 48.4. The van der Waals surface area contributed by atoms with Crippen LogP contribution in [0.25, 0.3) is 0 Å². The van der Waals surface area contributed by atoms with Gasteiger partial charge in [-0.15, -0.1) is 0 Å². The predicted octanol–water partition coefficient (Wildman–Crippen LogP) is 1.52. The molecule has 0 saturated carbocycles. The van der Waals surface area contributed by atoms with E-state index in [-0.39, 0.29) is 35.8 Å². The van der Waals surface area contributed by atoms with E-state index >= 15 is 0 Å². The van der Waals surface area contributed by atoms with Crippen LogP contribution in [0, 0.1) is 5.92 Å². The SMILES string of the molecule is CCCN(CCC(=O)N1CCC[C@@H](C(=O)OCC)C1)C(=O)c1cnccn1. The second-order valence-electron chi connectivity index (χ2n) is 6.56. The third-order valence-corrected chi connectivity index (χ3v) is 4.55. The first-order valence-electron chi connectivity index (χ1n) is 9.56. The fourth-order valence-corrected chi connectivity index (χ4v) is 3.20. The first-order valence-corrected chi connectivity index (χ1v) is 9.56. The molecule has 2 rings (SSSR count). The zero-order chi connectivity index (χ0) is 19.6. The van der Waals surface area contributed by atoms with Crippen molar-refractivity contribution in [2.75, 3.05) is 32.8 Å². The standard InChI is InChI=1S/C19H28N4O4/c1-3-10-22(18(25)16-13-20-8-9-21-16)12-7-17(24)23-11-5-6-15(14-23)19(26)27-4-2/h8-9,13,15H,3-7,10-12,14H2,1-2H3/t15-/m1/s1. The molecule has 0 radical (unpaired) electrons. The minimum atomic E-state index is -0.254. The fourth-order valence-electron chi connectivity index (χ4n) is 3.20. The number of amides is 2. The lowest BCUT2D eigenvalue weighted by molar-refractivity contribution is -0.151. The van der Waals surface area contributed by atoms with Crippen molar-refractivity contribution in [1.82, 2.24) is 19.8 Å². The van der Waals surface area contributed by atoms with E-state index in [1.165, 1.54) is 18.6 Å². The average molecular weight is 376 g/mol. The van der Waals surface area contributed by atoms with Crippen molar-refractivity contribution in [2.24, 2.45) is 5.92 Å². The number of ether oxygens (including phenoxy) is 1. The van der Waals surface area contributed by atoms with Gasteiger partial charge in [0.2, 0.25) is 5.91 Å². The Labute approximate surface area is 159 Å². The van der Waals surface area contributed by atoms with E-state index in [2.05, 4.69) is 9.97 Å². The molecule has 0 bridgehead atoms. The summed E-state index contributed by atoms with van der Waals surface area (Å²) in [7, 11) is 0. The van der Waals surface area contributed by atoms with E-state index in [1.54, 1.807) is 16.7 Å². The molecule has 8 heteroatoms. The molecule has 1 aliphatic heterocycles. The van der Waals surface area contributed by atoms with E-state index in [4.69, 9.17) is 4.74 Å². The van der Waals surface area contributed by atoms with Crippen molar-refractivity contribution in [1.29, 1.82) is 0 Å². The molecule has 1 aliphatic rings. The highest BCUT2D eigenvalue weighted by Crippen LogP contribution is 2.19. The van der Waals surface area contributed by atoms with Gasteiger partial charge in [-0.3, -0.25) is 19.4 Å². The topological polar surface area (TPSA) is 92.7 Å². The highest BCUT2D eigenvalue weighted by molar-refractivity contribution is 5.92. The number of hydrogen-bond acceptors (Lipinski definition) is 6. The summed E-state index contributed by atoms with van der Waals surface area (Å²) < 4.78 is 5.08. The molecule has 2 amide bonds. The number of hydrogen-bond donors (Lipinski definition) is 0. The molecule has 8 nitrogen and oxygen atoms in total. The van der Waals surface area contributed by atoms with Gasteiger partial charge in [0.15, 0.2) is 0 Å². The van der Waals surface area contributed by atoms with Crippen LogP contribution in [0.2, 0.25) is 0 Å². The number of carbonyl (C=O) groups is 3. The third-order valence-electron chi connectivity index (χ3n) is 4.55. The van der Waals surface area contributed by atoms with Crippen molar-refractivity contribution in [2.45, 2.75) is 39.5 Å². The Bertz CT molecular complexity index is 638. The first kappa shape index (κ1) is 20.8. The number of aromatic nitrogens is 2. The second-order valence-corrected chi connectivity index (χ2v) is 6.56. The quantitative estimate of drug-likeness (QED) is 0.639. The van der Waals surface area contributed by atoms with Crippen molar-refractivity contribution in [3.63, 3.8) is 0 Å². The Kier molecular flexibility index (Phi) is 8.16. The fraction of sp³-hybridized carbons (Fsp3) is 0.632. The van der Waals surface area contributed by atoms with Gasteiger partial charge in [0.05, 0.1) is 18.7 Å². The molecule has 0 unspecified atom stereocenters. The summed E-state index contributed by atoms with van der Waals surface area (Å²) in [6.45, 7) is 6.01. The highest BCUT2D eigenvalue weighted by Gasteiger charge is 2.29. The van der Waals surface area contributed by atoms with Crippen LogP contribution < -0.4 is 0 Å². The Morgan fingerprint density at radius 3 is 2.74 bits per heavy atom. The molecule has 27 heavy (non-hydrogen) atoms. The summed E-state index contributed by atoms with van der Waals surface area (Å²) in [6.07, 6.45) is 6.96. The van der Waals surface area contributed by atoms with Crippen LogP contribution >= 0.6 is 0 Å². The summed E-state index contributed by atoms with van der Waals surface area (Å²) in [5, 5.41) is 0. The third kappa shape index (κ3) is 6.01. The minimum Gasteiger partial charge on any atom is -0.466 e. The van der Waals surface area contributed by atoms with Gasteiger partial charge in [-0.05, 0) is 26.2 Å². The van der Waals surface area contributed by atoms with Crippen molar-refractivity contribution in [3.05, 3.63) is 24.3 Å². The Morgan fingerprint density at radius 1 is 1.26 bits per heavy atom. The molecule has 0 N–H and O–H groups in total. The zero-order valence-corrected chi connectivity index (χ0v) is 16.1. The minimum absolute atomic E-state index is 0.0444. The van der Waals surface area contributed by atoms with Gasteiger partial charge in [0, 0.05) is 45.0 Å². The van der Waals surface area contributed by atoms with Gasteiger partial charge in [-0.2, -0.15) is 0 Å². The van der Waals surface area contributed by atoms with Crippen LogP contribution in [0.1, 0.15) is 50.0 Å². The van der Waals surface area contributed by atoms with Gasteiger partial charge in [0.25, 0.3) is 5.91 Å². The summed E-state index contributed by atoms with van der Waals surface area (Å²) in [5.41, 5.74) is 0.277. The summed E-state index contributed by atoms with van der Waals surface area (Å²) >= 11 is 0. The second kappa shape index (κ2) is 10.6. The molecule has 0 aromatic carbocycles. The number of esters is 1. The molecule has 1 fully saturated rings. The van der Waals surface area contributed by atoms with Crippen LogP contribution in [-0.2, 0) is 14.3 Å². The van der Waals surface area contributed by atoms with E-state index in [9.17, 15) is 14.4 Å². The molecule has 1 aromatic heterocycles. The van der Waals surface area contributed by atoms with Gasteiger partial charge in [-0.1, -0.05) is 6.92 Å². The van der Waals surface area contributed by atoms with E-state index in [0.717, 1.165) is 19.3 Å². The Hall–Kier alpha value is -2.51. The number of piperidine rings is 1. The molecule has 1 atom stereocenters. The molecule has 0 aliphatic carbocycles. The normalized spacial score (nSPS) is 16.7. The molecular formula is C19H28N4O4. The van der Waals surface area contributed by atoms with Crippen molar-refractivity contribution >= 4 is 17.8 Å². The molecular weight excluding hydrogens is 348 g/mol. The zero-order valence-electron chi connectivity index (χ0n) is 16.1. The van der Waals surface area contributed by atoms with Gasteiger partial charge in [0.1, 0.15) is 5.69 Å². The largest absolute Gasteiger partial charge is 0.466 e. The van der Waals surface area contributed by atoms with Crippen molar-refractivity contribution < 1.29 is 19.1 Å². The lowest BCUT2D eigenvalue weighted by atomic mass is 9.98. The lowest BCUT2D eigenvalue weighted by Gasteiger charge is -2.32. The number of carbonyl (C=O) groups excluding carboxylic acids is 3. The Morgan fingerprint density at radius 2 is 2.07 bits per heavy atom. The van der Waals surface area contributed by atoms with Crippen LogP contribution in [-0.4, -0.2) is 70.3 Å². The van der Waals surface area contributed by atoms with Crippen molar-refractivity contribution in [3.8, 4) is 0 Å². The van der Waals surface area contributed by atoms with Crippen LogP contribution in [0.3, 0.4) is 0 Å². The number of nitrogens with zero attached hydrogens (tertiary/aromatic N) is 4. The average Bonchev–Trinajstić information content (AvgIpc) is 2.71. The molecule has 1 saturated heterocycles. The van der Waals surface area contributed by atoms with Crippen LogP contribution in [0.15, 0.2) is 18.6 Å². The molecule has 2 heterocycles. The Balaban J connectivity index is 1.91. The van der Waals surface area contributed by atoms with E-state index < -0.39 is 0 Å². The maximum atomic E-state index is 12.6. The number of likely N-dealkylation sites (tertiary alicyclic amines) is 1. The summed E-state index contributed by atoms with van der Waals surface area (Å²) in [6, 6.07) is 0. The lowest BCUT2D eigenvalue weighted by Crippen LogP contribution is -2.44. The first-order chi connectivity index (χ1) is 13.1. The molecule has 148 valence electrons. The predicted molar refractivity (Wildman–Crippen MR) is 98.8 cm³/mol. The highest BCUT2D eigenvalue weighted by atomic mass is 16.5. The molecule has 1 aromatic rings. The maximum absolute atomic E-state index is 12.6. The van der Waals surface area contributed by atoms with Crippen LogP contribution in [0.4, 0.5) is 0 Å². The van der Waals surface area contributed by atoms with E-state index in [0.29, 0.717) is 32.8 Å². The van der Waals surface area contributed by atoms with Crippen LogP contribution in [0.5, 0.6) is 0 Å². The number of rotatable bonds is 8. The molecule has 0 spiro atoms. The van der Waals surface area contributed by atoms with Gasteiger partial charge < -0.3 is 14.5 Å². The van der Waals surface area contributed by atoms with E-state index in [1.807, 2.05) is 6.92 Å². The monoisotopic (exact) mass is 376 g/mol. The summed E-state index contributed by atoms with van der Waals surface area (Å²) in [5.74, 6) is -0.756. The maximum Gasteiger partial charge on any atom is 0.310 e.